The van der Waals surface area contributed by atoms with Gasteiger partial charge in [-0.2, -0.15) is 0 Å². The molecule has 0 aliphatic carbocycles. The summed E-state index contributed by atoms with van der Waals surface area (Å²) in [5, 5.41) is 7.96. The van der Waals surface area contributed by atoms with Gasteiger partial charge >= 0.3 is 12.6 Å². The minimum absolute atomic E-state index is 1.12. The molecule has 0 atom stereocenters. The second-order valence-corrected chi connectivity index (χ2v) is 1.14. The van der Waals surface area contributed by atoms with Gasteiger partial charge in [-0.1, -0.05) is 0 Å². The molecule has 5 nitrogen and oxygen atoms in total. The monoisotopic (exact) mass is 136 g/mol. The van der Waals surface area contributed by atoms with E-state index in [0.29, 0.717) is 0 Å². The standard InChI is InChI=1S/C4H8O5/c1-7-4(8-2)9-3(5)6/h4H,1-2H3,(H,5,6). The van der Waals surface area contributed by atoms with Crippen molar-refractivity contribution in [3.05, 3.63) is 0 Å². The molecule has 0 radical (unpaired) electrons. The van der Waals surface area contributed by atoms with Gasteiger partial charge in [0.15, 0.2) is 0 Å². The van der Waals surface area contributed by atoms with Crippen LogP contribution in [0.25, 0.3) is 0 Å². The Bertz CT molecular complexity index is 87.0. The van der Waals surface area contributed by atoms with Gasteiger partial charge in [0.05, 0.1) is 0 Å². The van der Waals surface area contributed by atoms with Crippen molar-refractivity contribution < 1.29 is 24.1 Å². The highest BCUT2D eigenvalue weighted by Gasteiger charge is 2.08. The molecule has 0 aliphatic rings. The number of hydrogen-bond acceptors (Lipinski definition) is 4. The highest BCUT2D eigenvalue weighted by Crippen LogP contribution is 1.92. The maximum atomic E-state index is 9.75. The van der Waals surface area contributed by atoms with Gasteiger partial charge in [-0.15, -0.1) is 0 Å². The molecule has 0 amide bonds. The maximum absolute atomic E-state index is 9.75. The normalized spacial score (nSPS) is 9.67. The Kier molecular flexibility index (Phi) is 3.74. The molecule has 0 fully saturated rings. The first-order chi connectivity index (χ1) is 4.20. The summed E-state index contributed by atoms with van der Waals surface area (Å²) in [6, 6.07) is 0. The quantitative estimate of drug-likeness (QED) is 0.445. The lowest BCUT2D eigenvalue weighted by Gasteiger charge is -2.09. The average molecular weight is 136 g/mol. The summed E-state index contributed by atoms with van der Waals surface area (Å²) in [6.07, 6.45) is -1.43. The van der Waals surface area contributed by atoms with Crippen LogP contribution in [0.2, 0.25) is 0 Å². The van der Waals surface area contributed by atoms with E-state index >= 15 is 0 Å². The average Bonchev–Trinajstić information content (AvgIpc) is 1.82. The number of methoxy groups -OCH3 is 2. The molecule has 0 aromatic heterocycles. The van der Waals surface area contributed by atoms with E-state index in [4.69, 9.17) is 5.11 Å². The zero-order chi connectivity index (χ0) is 7.28. The first kappa shape index (κ1) is 8.19. The summed E-state index contributed by atoms with van der Waals surface area (Å²) < 4.78 is 12.8. The lowest BCUT2D eigenvalue weighted by atomic mass is 11.1. The summed E-state index contributed by atoms with van der Waals surface area (Å²) in [6.45, 7) is -1.12. The smallest absolute Gasteiger partial charge is 0.450 e. The van der Waals surface area contributed by atoms with Crippen LogP contribution in [0, 0.1) is 0 Å². The largest absolute Gasteiger partial charge is 0.509 e. The molecule has 0 saturated heterocycles. The van der Waals surface area contributed by atoms with Crippen molar-refractivity contribution >= 4 is 6.16 Å². The fraction of sp³-hybridized carbons (Fsp3) is 0.750. The molecule has 0 unspecified atom stereocenters. The fourth-order valence-corrected chi connectivity index (χ4v) is 0.275. The Morgan fingerprint density at radius 1 is 1.44 bits per heavy atom. The lowest BCUT2D eigenvalue weighted by Crippen LogP contribution is -2.20. The van der Waals surface area contributed by atoms with Crippen molar-refractivity contribution in [1.82, 2.24) is 0 Å². The van der Waals surface area contributed by atoms with Crippen LogP contribution in [0.5, 0.6) is 0 Å². The van der Waals surface area contributed by atoms with Crippen molar-refractivity contribution in [2.45, 2.75) is 6.48 Å². The molecular formula is C4H8O5. The molecule has 0 aromatic carbocycles. The van der Waals surface area contributed by atoms with Gasteiger partial charge in [-0.25, -0.2) is 4.79 Å². The first-order valence-corrected chi connectivity index (χ1v) is 2.16. The molecule has 1 N–H and O–H groups in total. The van der Waals surface area contributed by atoms with Crippen LogP contribution in [0.1, 0.15) is 0 Å². The van der Waals surface area contributed by atoms with E-state index in [1.165, 1.54) is 14.2 Å². The number of carbonyl (C=O) groups is 1. The van der Waals surface area contributed by atoms with Gasteiger partial charge in [0.1, 0.15) is 0 Å². The van der Waals surface area contributed by atoms with E-state index in [0.717, 1.165) is 0 Å². The number of rotatable bonds is 3. The number of ether oxygens (including phenoxy) is 3. The van der Waals surface area contributed by atoms with Crippen LogP contribution >= 0.6 is 0 Å². The Balaban J connectivity index is 3.43. The topological polar surface area (TPSA) is 65.0 Å². The Hall–Kier alpha value is -0.810. The number of carboxylic acid groups (broad SMARTS) is 1. The molecule has 54 valence electrons. The van der Waals surface area contributed by atoms with Gasteiger partial charge < -0.3 is 19.3 Å². The van der Waals surface area contributed by atoms with Crippen molar-refractivity contribution in [2.75, 3.05) is 14.2 Å². The van der Waals surface area contributed by atoms with Crippen LogP contribution < -0.4 is 0 Å². The highest BCUT2D eigenvalue weighted by molar-refractivity contribution is 5.56. The number of hydrogen-bond donors (Lipinski definition) is 1. The summed E-state index contributed by atoms with van der Waals surface area (Å²) in [5.74, 6) is 0. The zero-order valence-corrected chi connectivity index (χ0v) is 5.16. The summed E-state index contributed by atoms with van der Waals surface area (Å²) >= 11 is 0. The van der Waals surface area contributed by atoms with Crippen LogP contribution in [0.4, 0.5) is 4.79 Å². The van der Waals surface area contributed by atoms with Gasteiger partial charge in [0.25, 0.3) is 0 Å². The van der Waals surface area contributed by atoms with Crippen LogP contribution in [-0.4, -0.2) is 32.0 Å². The Morgan fingerprint density at radius 2 is 1.89 bits per heavy atom. The minimum Gasteiger partial charge on any atom is -0.450 e. The predicted molar refractivity (Wildman–Crippen MR) is 26.9 cm³/mol. The summed E-state index contributed by atoms with van der Waals surface area (Å²) in [7, 11) is 2.55. The molecule has 0 heterocycles. The van der Waals surface area contributed by atoms with Crippen molar-refractivity contribution in [3.8, 4) is 0 Å². The molecule has 9 heavy (non-hydrogen) atoms. The minimum atomic E-state index is -1.43. The second kappa shape index (κ2) is 4.11. The van der Waals surface area contributed by atoms with Crippen molar-refractivity contribution in [2.24, 2.45) is 0 Å². The molecule has 0 spiro atoms. The third-order valence-corrected chi connectivity index (χ3v) is 0.582. The van der Waals surface area contributed by atoms with E-state index < -0.39 is 12.6 Å². The van der Waals surface area contributed by atoms with E-state index in [-0.39, 0.29) is 0 Å². The predicted octanol–water partition coefficient (Wildman–Crippen LogP) is 0.257. The van der Waals surface area contributed by atoms with Gasteiger partial charge in [0.2, 0.25) is 0 Å². The van der Waals surface area contributed by atoms with Crippen LogP contribution in [-0.2, 0) is 14.2 Å². The van der Waals surface area contributed by atoms with E-state index in [1.54, 1.807) is 0 Å². The zero-order valence-electron chi connectivity index (χ0n) is 5.16. The maximum Gasteiger partial charge on any atom is 0.509 e. The fourth-order valence-electron chi connectivity index (χ4n) is 0.275. The van der Waals surface area contributed by atoms with Gasteiger partial charge in [0, 0.05) is 14.2 Å². The van der Waals surface area contributed by atoms with Crippen molar-refractivity contribution in [1.29, 1.82) is 0 Å². The third kappa shape index (κ3) is 3.75. The van der Waals surface area contributed by atoms with Gasteiger partial charge in [-0.05, 0) is 0 Å². The molecule has 0 aliphatic heterocycles. The Morgan fingerprint density at radius 3 is 2.00 bits per heavy atom. The van der Waals surface area contributed by atoms with E-state index in [1.807, 2.05) is 0 Å². The second-order valence-electron chi connectivity index (χ2n) is 1.14. The van der Waals surface area contributed by atoms with Crippen molar-refractivity contribution in [3.63, 3.8) is 0 Å². The Labute approximate surface area is 52.1 Å². The summed E-state index contributed by atoms with van der Waals surface area (Å²) in [4.78, 5) is 9.75. The molecule has 0 bridgehead atoms. The molecule has 0 aromatic rings. The molecule has 0 rings (SSSR count). The molecular weight excluding hydrogens is 128 g/mol. The van der Waals surface area contributed by atoms with Crippen LogP contribution in [0.15, 0.2) is 0 Å². The molecule has 5 heteroatoms. The SMILES string of the molecule is COC(OC)OC(=O)O. The van der Waals surface area contributed by atoms with E-state index in [2.05, 4.69) is 14.2 Å². The summed E-state index contributed by atoms with van der Waals surface area (Å²) in [5.41, 5.74) is 0. The molecule has 0 saturated carbocycles. The lowest BCUT2D eigenvalue weighted by molar-refractivity contribution is -0.241. The first-order valence-electron chi connectivity index (χ1n) is 2.16. The van der Waals surface area contributed by atoms with E-state index in [9.17, 15) is 4.79 Å². The van der Waals surface area contributed by atoms with Gasteiger partial charge in [-0.3, -0.25) is 0 Å². The third-order valence-electron chi connectivity index (χ3n) is 0.582. The highest BCUT2D eigenvalue weighted by atomic mass is 16.9. The van der Waals surface area contributed by atoms with Crippen LogP contribution in [0.3, 0.4) is 0 Å².